The predicted molar refractivity (Wildman–Crippen MR) is 97.2 cm³/mol. The molecule has 0 fully saturated rings. The molecule has 0 aliphatic carbocycles. The van der Waals surface area contributed by atoms with Gasteiger partial charge in [-0.15, -0.1) is 0 Å². The number of nitrogens with two attached hydrogens (primary N) is 1. The highest BCUT2D eigenvalue weighted by Crippen LogP contribution is 2.37. The summed E-state index contributed by atoms with van der Waals surface area (Å²) < 4.78 is 5.42. The number of aryl methyl sites for hydroxylation is 4. The molecule has 0 unspecified atom stereocenters. The number of nitrogen functional groups attached to an aromatic ring is 1. The fraction of sp³-hybridized carbons (Fsp3) is 0.278. The summed E-state index contributed by atoms with van der Waals surface area (Å²) >= 11 is 0. The highest BCUT2D eigenvalue weighted by atomic mass is 16.5. The van der Waals surface area contributed by atoms with E-state index >= 15 is 0 Å². The minimum atomic E-state index is 0.393. The number of nitrogens with zero attached hydrogens (tertiary/aromatic N) is 3. The molecule has 0 amide bonds. The van der Waals surface area contributed by atoms with Crippen molar-refractivity contribution in [3.05, 3.63) is 35.0 Å². The van der Waals surface area contributed by atoms with Gasteiger partial charge in [-0.25, -0.2) is 4.98 Å². The van der Waals surface area contributed by atoms with Crippen molar-refractivity contribution in [1.29, 1.82) is 0 Å². The SMILES string of the molecule is CCc1noc(C)c1-c1cc(-c2c(C)n[nH]c2C)c2nc(N)[nH]c2c1. The zero-order chi connectivity index (χ0) is 17.7. The first-order chi connectivity index (χ1) is 12.0. The van der Waals surface area contributed by atoms with Crippen molar-refractivity contribution in [3.8, 4) is 22.3 Å². The van der Waals surface area contributed by atoms with Crippen molar-refractivity contribution in [2.45, 2.75) is 34.1 Å². The van der Waals surface area contributed by atoms with Crippen LogP contribution in [0.4, 0.5) is 5.95 Å². The number of H-pyrrole nitrogens is 2. The Hall–Kier alpha value is -3.09. The van der Waals surface area contributed by atoms with Crippen molar-refractivity contribution < 1.29 is 4.52 Å². The molecule has 4 rings (SSSR count). The van der Waals surface area contributed by atoms with E-state index in [0.717, 1.165) is 62.6 Å². The maximum Gasteiger partial charge on any atom is 0.198 e. The fourth-order valence-corrected chi connectivity index (χ4v) is 3.45. The first-order valence-corrected chi connectivity index (χ1v) is 8.26. The molecular formula is C18H20N6O. The van der Waals surface area contributed by atoms with Crippen LogP contribution in [-0.4, -0.2) is 25.3 Å². The van der Waals surface area contributed by atoms with Gasteiger partial charge in [-0.05, 0) is 44.9 Å². The Morgan fingerprint density at radius 3 is 2.64 bits per heavy atom. The van der Waals surface area contributed by atoms with Gasteiger partial charge in [-0.2, -0.15) is 5.10 Å². The van der Waals surface area contributed by atoms with Gasteiger partial charge in [0.15, 0.2) is 5.95 Å². The summed E-state index contributed by atoms with van der Waals surface area (Å²) in [5.74, 6) is 1.19. The van der Waals surface area contributed by atoms with Crippen LogP contribution in [0.1, 0.15) is 29.8 Å². The third-order valence-electron chi connectivity index (χ3n) is 4.56. The van der Waals surface area contributed by atoms with Gasteiger partial charge in [0.05, 0.1) is 22.4 Å². The lowest BCUT2D eigenvalue weighted by Gasteiger charge is -2.08. The number of rotatable bonds is 3. The second-order valence-corrected chi connectivity index (χ2v) is 6.27. The normalized spacial score (nSPS) is 11.5. The number of fused-ring (bicyclic) bond motifs is 1. The first-order valence-electron chi connectivity index (χ1n) is 8.26. The number of imidazole rings is 1. The lowest BCUT2D eigenvalue weighted by molar-refractivity contribution is 0.391. The largest absolute Gasteiger partial charge is 0.369 e. The van der Waals surface area contributed by atoms with Crippen molar-refractivity contribution in [2.24, 2.45) is 0 Å². The van der Waals surface area contributed by atoms with Crippen LogP contribution >= 0.6 is 0 Å². The van der Waals surface area contributed by atoms with E-state index in [1.165, 1.54) is 0 Å². The Morgan fingerprint density at radius 1 is 1.16 bits per heavy atom. The molecule has 4 N–H and O–H groups in total. The van der Waals surface area contributed by atoms with E-state index in [1.54, 1.807) is 0 Å². The molecule has 7 heteroatoms. The lowest BCUT2D eigenvalue weighted by atomic mass is 9.95. The van der Waals surface area contributed by atoms with Crippen LogP contribution in [0.5, 0.6) is 0 Å². The molecule has 0 aliphatic heterocycles. The van der Waals surface area contributed by atoms with Crippen LogP contribution in [0.25, 0.3) is 33.3 Å². The third-order valence-corrected chi connectivity index (χ3v) is 4.56. The maximum absolute atomic E-state index is 5.92. The number of aromatic nitrogens is 5. The van der Waals surface area contributed by atoms with Gasteiger partial charge in [0.1, 0.15) is 5.76 Å². The summed E-state index contributed by atoms with van der Waals surface area (Å²) in [6, 6.07) is 4.16. The Balaban J connectivity index is 2.07. The summed E-state index contributed by atoms with van der Waals surface area (Å²) in [5, 5.41) is 11.5. The lowest BCUT2D eigenvalue weighted by Crippen LogP contribution is -1.90. The van der Waals surface area contributed by atoms with E-state index in [1.807, 2.05) is 26.8 Å². The molecule has 0 saturated carbocycles. The van der Waals surface area contributed by atoms with Crippen LogP contribution < -0.4 is 5.73 Å². The summed E-state index contributed by atoms with van der Waals surface area (Å²) in [7, 11) is 0. The van der Waals surface area contributed by atoms with Crippen LogP contribution in [0.2, 0.25) is 0 Å². The van der Waals surface area contributed by atoms with Crippen molar-refractivity contribution in [1.82, 2.24) is 25.3 Å². The number of aromatic amines is 2. The number of hydrogen-bond acceptors (Lipinski definition) is 5. The average molecular weight is 336 g/mol. The number of anilines is 1. The van der Waals surface area contributed by atoms with Gasteiger partial charge in [-0.1, -0.05) is 12.1 Å². The summed E-state index contributed by atoms with van der Waals surface area (Å²) in [4.78, 5) is 7.62. The molecule has 7 nitrogen and oxygen atoms in total. The van der Waals surface area contributed by atoms with Crippen LogP contribution in [0.3, 0.4) is 0 Å². The topological polar surface area (TPSA) is 109 Å². The van der Waals surface area contributed by atoms with Gasteiger partial charge in [0.25, 0.3) is 0 Å². The van der Waals surface area contributed by atoms with E-state index in [-0.39, 0.29) is 0 Å². The molecule has 0 spiro atoms. The zero-order valence-electron chi connectivity index (χ0n) is 14.7. The Morgan fingerprint density at radius 2 is 1.96 bits per heavy atom. The Labute approximate surface area is 144 Å². The quantitative estimate of drug-likeness (QED) is 0.529. The average Bonchev–Trinajstić information content (AvgIpc) is 3.23. The van der Waals surface area contributed by atoms with E-state index < -0.39 is 0 Å². The monoisotopic (exact) mass is 336 g/mol. The van der Waals surface area contributed by atoms with Crippen LogP contribution in [0, 0.1) is 20.8 Å². The van der Waals surface area contributed by atoms with Crippen molar-refractivity contribution >= 4 is 17.0 Å². The number of benzene rings is 1. The predicted octanol–water partition coefficient (Wildman–Crippen LogP) is 3.68. The summed E-state index contributed by atoms with van der Waals surface area (Å²) in [6.45, 7) is 7.99. The maximum atomic E-state index is 5.92. The third kappa shape index (κ3) is 2.31. The molecule has 0 bridgehead atoms. The first kappa shape index (κ1) is 15.4. The standard InChI is InChI=1S/C18H20N6O/c1-5-13-16(10(4)25-24-13)11-6-12(15-8(2)22-23-9(15)3)17-14(7-11)20-18(19)21-17/h6-7H,5H2,1-4H3,(H,22,23)(H3,19,20,21). The molecule has 4 aromatic rings. The number of hydrogen-bond donors (Lipinski definition) is 3. The minimum Gasteiger partial charge on any atom is -0.369 e. The molecule has 0 atom stereocenters. The Kier molecular flexibility index (Phi) is 3.38. The van der Waals surface area contributed by atoms with Gasteiger partial charge in [-0.3, -0.25) is 5.10 Å². The number of nitrogens with one attached hydrogen (secondary N) is 2. The smallest absolute Gasteiger partial charge is 0.198 e. The van der Waals surface area contributed by atoms with Gasteiger partial charge < -0.3 is 15.2 Å². The molecule has 128 valence electrons. The van der Waals surface area contributed by atoms with E-state index in [0.29, 0.717) is 5.95 Å². The van der Waals surface area contributed by atoms with Crippen molar-refractivity contribution in [3.63, 3.8) is 0 Å². The molecule has 3 heterocycles. The molecule has 3 aromatic heterocycles. The highest BCUT2D eigenvalue weighted by Gasteiger charge is 2.20. The zero-order valence-corrected chi connectivity index (χ0v) is 14.7. The minimum absolute atomic E-state index is 0.393. The van der Waals surface area contributed by atoms with E-state index in [2.05, 4.69) is 38.3 Å². The second-order valence-electron chi connectivity index (χ2n) is 6.27. The molecule has 0 saturated heterocycles. The van der Waals surface area contributed by atoms with Gasteiger partial charge in [0.2, 0.25) is 0 Å². The van der Waals surface area contributed by atoms with Gasteiger partial charge in [0, 0.05) is 22.4 Å². The van der Waals surface area contributed by atoms with Crippen LogP contribution in [0.15, 0.2) is 16.7 Å². The summed E-state index contributed by atoms with van der Waals surface area (Å²) in [6.07, 6.45) is 0.801. The molecule has 0 radical (unpaired) electrons. The van der Waals surface area contributed by atoms with Crippen LogP contribution in [-0.2, 0) is 6.42 Å². The Bertz CT molecular complexity index is 1070. The van der Waals surface area contributed by atoms with E-state index in [4.69, 9.17) is 10.3 Å². The van der Waals surface area contributed by atoms with Crippen molar-refractivity contribution in [2.75, 3.05) is 5.73 Å². The van der Waals surface area contributed by atoms with Gasteiger partial charge >= 0.3 is 0 Å². The molecule has 1 aromatic carbocycles. The highest BCUT2D eigenvalue weighted by molar-refractivity contribution is 5.98. The second kappa shape index (κ2) is 5.47. The molecule has 0 aliphatic rings. The fourth-order valence-electron chi connectivity index (χ4n) is 3.45. The van der Waals surface area contributed by atoms with E-state index in [9.17, 15) is 0 Å². The summed E-state index contributed by atoms with van der Waals surface area (Å²) in [5.41, 5.74) is 14.6. The molecule has 25 heavy (non-hydrogen) atoms. The molecular weight excluding hydrogens is 316 g/mol.